The number of nitrogens with zero attached hydrogens (tertiary/aromatic N) is 2. The summed E-state index contributed by atoms with van der Waals surface area (Å²) in [7, 11) is 0. The maximum absolute atomic E-state index is 12.3. The summed E-state index contributed by atoms with van der Waals surface area (Å²) in [5.41, 5.74) is 3.75. The smallest absolute Gasteiger partial charge is 0.253 e. The summed E-state index contributed by atoms with van der Waals surface area (Å²) in [6.07, 6.45) is 8.78. The predicted molar refractivity (Wildman–Crippen MR) is 103 cm³/mol. The first-order valence-corrected chi connectivity index (χ1v) is 8.71. The molecule has 26 heavy (non-hydrogen) atoms. The molecule has 1 aromatic carbocycles. The minimum atomic E-state index is -0.137. The Bertz CT molecular complexity index is 822. The normalized spacial score (nSPS) is 10.3. The molecule has 3 rings (SSSR count). The molecule has 0 atom stereocenters. The van der Waals surface area contributed by atoms with E-state index in [1.165, 1.54) is 5.56 Å². The Labute approximate surface area is 153 Å². The van der Waals surface area contributed by atoms with Crippen molar-refractivity contribution in [2.75, 3.05) is 11.9 Å². The van der Waals surface area contributed by atoms with Crippen LogP contribution in [0.15, 0.2) is 73.3 Å². The third-order valence-corrected chi connectivity index (χ3v) is 4.02. The van der Waals surface area contributed by atoms with Gasteiger partial charge < -0.3 is 10.6 Å². The molecule has 0 spiro atoms. The quantitative estimate of drug-likeness (QED) is 0.613. The van der Waals surface area contributed by atoms with E-state index in [1.807, 2.05) is 24.3 Å². The largest absolute Gasteiger partial charge is 0.384 e. The Balaban J connectivity index is 1.47. The van der Waals surface area contributed by atoms with Crippen molar-refractivity contribution in [2.45, 2.75) is 19.4 Å². The maximum atomic E-state index is 12.3. The van der Waals surface area contributed by atoms with Gasteiger partial charge in [-0.1, -0.05) is 30.3 Å². The molecule has 2 aromatic heterocycles. The Kier molecular flexibility index (Phi) is 6.31. The molecule has 0 bridgehead atoms. The average molecular weight is 346 g/mol. The second-order valence-corrected chi connectivity index (χ2v) is 6.02. The number of hydrogen-bond donors (Lipinski definition) is 2. The van der Waals surface area contributed by atoms with Crippen molar-refractivity contribution in [1.29, 1.82) is 0 Å². The molecule has 0 radical (unpaired) electrons. The number of carbonyl (C=O) groups excluding carboxylic acids is 1. The summed E-state index contributed by atoms with van der Waals surface area (Å²) < 4.78 is 0. The fraction of sp³-hybridized carbons (Fsp3) is 0.190. The van der Waals surface area contributed by atoms with E-state index >= 15 is 0 Å². The van der Waals surface area contributed by atoms with Crippen LogP contribution in [-0.4, -0.2) is 22.4 Å². The fourth-order valence-electron chi connectivity index (χ4n) is 2.62. The summed E-state index contributed by atoms with van der Waals surface area (Å²) in [4.78, 5) is 20.4. The van der Waals surface area contributed by atoms with Crippen LogP contribution < -0.4 is 10.6 Å². The van der Waals surface area contributed by atoms with Crippen LogP contribution in [0.4, 0.5) is 5.69 Å². The number of amides is 1. The van der Waals surface area contributed by atoms with Gasteiger partial charge in [0.25, 0.3) is 5.91 Å². The van der Waals surface area contributed by atoms with Gasteiger partial charge in [0, 0.05) is 37.9 Å². The monoisotopic (exact) mass is 346 g/mol. The second kappa shape index (κ2) is 9.32. The average Bonchev–Trinajstić information content (AvgIpc) is 2.71. The minimum Gasteiger partial charge on any atom is -0.384 e. The number of nitrogens with one attached hydrogen (secondary N) is 2. The molecule has 0 saturated heterocycles. The number of hydrogen-bond acceptors (Lipinski definition) is 4. The van der Waals surface area contributed by atoms with Gasteiger partial charge >= 0.3 is 0 Å². The third kappa shape index (κ3) is 5.41. The van der Waals surface area contributed by atoms with E-state index in [1.54, 1.807) is 24.8 Å². The van der Waals surface area contributed by atoms with Gasteiger partial charge in [-0.3, -0.25) is 14.8 Å². The molecule has 5 nitrogen and oxygen atoms in total. The lowest BCUT2D eigenvalue weighted by Crippen LogP contribution is -2.23. The molecule has 0 unspecified atom stereocenters. The number of aromatic nitrogens is 2. The standard InChI is InChI=1S/C21H22N4O/c26-21(25-14-18-8-11-22-12-9-18)19-13-20(16-23-15-19)24-10-4-7-17-5-2-1-3-6-17/h1-3,5-6,8-9,11-13,15-16,24H,4,7,10,14H2,(H,25,26). The molecular weight excluding hydrogens is 324 g/mol. The number of aryl methyl sites for hydroxylation is 1. The lowest BCUT2D eigenvalue weighted by atomic mass is 10.1. The van der Waals surface area contributed by atoms with E-state index in [9.17, 15) is 4.79 Å². The van der Waals surface area contributed by atoms with E-state index in [0.29, 0.717) is 12.1 Å². The lowest BCUT2D eigenvalue weighted by molar-refractivity contribution is 0.0950. The highest BCUT2D eigenvalue weighted by Gasteiger charge is 2.07. The second-order valence-electron chi connectivity index (χ2n) is 6.02. The topological polar surface area (TPSA) is 66.9 Å². The van der Waals surface area contributed by atoms with Crippen molar-refractivity contribution in [3.63, 3.8) is 0 Å². The van der Waals surface area contributed by atoms with Crippen LogP contribution in [0.25, 0.3) is 0 Å². The van der Waals surface area contributed by atoms with Crippen molar-refractivity contribution in [3.8, 4) is 0 Å². The Morgan fingerprint density at radius 2 is 1.73 bits per heavy atom. The maximum Gasteiger partial charge on any atom is 0.253 e. The summed E-state index contributed by atoms with van der Waals surface area (Å²) in [6.45, 7) is 1.30. The first-order chi connectivity index (χ1) is 12.8. The van der Waals surface area contributed by atoms with E-state index in [2.05, 4.69) is 44.9 Å². The number of anilines is 1. The molecule has 0 saturated carbocycles. The molecule has 0 aliphatic heterocycles. The predicted octanol–water partition coefficient (Wildman–Crippen LogP) is 3.45. The molecule has 5 heteroatoms. The molecular formula is C21H22N4O. The molecule has 1 amide bonds. The summed E-state index contributed by atoms with van der Waals surface area (Å²) >= 11 is 0. The fourth-order valence-corrected chi connectivity index (χ4v) is 2.62. The van der Waals surface area contributed by atoms with E-state index in [-0.39, 0.29) is 5.91 Å². The highest BCUT2D eigenvalue weighted by molar-refractivity contribution is 5.94. The SMILES string of the molecule is O=C(NCc1ccncc1)c1cncc(NCCCc2ccccc2)c1. The van der Waals surface area contributed by atoms with Crippen LogP contribution in [0, 0.1) is 0 Å². The van der Waals surface area contributed by atoms with Crippen LogP contribution in [0.1, 0.15) is 27.9 Å². The summed E-state index contributed by atoms with van der Waals surface area (Å²) in [6, 6.07) is 16.0. The molecule has 2 N–H and O–H groups in total. The zero-order valence-electron chi connectivity index (χ0n) is 14.6. The van der Waals surface area contributed by atoms with Crippen LogP contribution >= 0.6 is 0 Å². The molecule has 0 aliphatic rings. The van der Waals surface area contributed by atoms with Crippen molar-refractivity contribution >= 4 is 11.6 Å². The summed E-state index contributed by atoms with van der Waals surface area (Å²) in [5, 5.41) is 6.23. The van der Waals surface area contributed by atoms with Crippen molar-refractivity contribution in [1.82, 2.24) is 15.3 Å². The highest BCUT2D eigenvalue weighted by Crippen LogP contribution is 2.10. The van der Waals surface area contributed by atoms with Gasteiger partial charge in [-0.2, -0.15) is 0 Å². The van der Waals surface area contributed by atoms with Gasteiger partial charge in [0.15, 0.2) is 0 Å². The Hall–Kier alpha value is -3.21. The zero-order chi connectivity index (χ0) is 18.0. The number of pyridine rings is 2. The van der Waals surface area contributed by atoms with E-state index < -0.39 is 0 Å². The highest BCUT2D eigenvalue weighted by atomic mass is 16.1. The lowest BCUT2D eigenvalue weighted by Gasteiger charge is -2.09. The number of benzene rings is 1. The van der Waals surface area contributed by atoms with Gasteiger partial charge in [0.05, 0.1) is 11.3 Å². The van der Waals surface area contributed by atoms with Crippen LogP contribution in [-0.2, 0) is 13.0 Å². The van der Waals surface area contributed by atoms with Gasteiger partial charge in [-0.25, -0.2) is 0 Å². The third-order valence-electron chi connectivity index (χ3n) is 4.02. The Morgan fingerprint density at radius 1 is 0.923 bits per heavy atom. The number of carbonyl (C=O) groups is 1. The first kappa shape index (κ1) is 17.6. The van der Waals surface area contributed by atoms with Crippen LogP contribution in [0.2, 0.25) is 0 Å². The first-order valence-electron chi connectivity index (χ1n) is 8.71. The molecule has 2 heterocycles. The number of rotatable bonds is 8. The van der Waals surface area contributed by atoms with Crippen molar-refractivity contribution in [2.24, 2.45) is 0 Å². The molecule has 0 aliphatic carbocycles. The van der Waals surface area contributed by atoms with E-state index in [4.69, 9.17) is 0 Å². The molecule has 3 aromatic rings. The zero-order valence-corrected chi connectivity index (χ0v) is 14.6. The van der Waals surface area contributed by atoms with Crippen molar-refractivity contribution < 1.29 is 4.79 Å². The molecule has 132 valence electrons. The Morgan fingerprint density at radius 3 is 2.54 bits per heavy atom. The van der Waals surface area contributed by atoms with Gasteiger partial charge in [0.1, 0.15) is 0 Å². The van der Waals surface area contributed by atoms with Gasteiger partial charge in [-0.15, -0.1) is 0 Å². The van der Waals surface area contributed by atoms with Crippen LogP contribution in [0.5, 0.6) is 0 Å². The van der Waals surface area contributed by atoms with Crippen LogP contribution in [0.3, 0.4) is 0 Å². The molecule has 0 fully saturated rings. The van der Waals surface area contributed by atoms with E-state index in [0.717, 1.165) is 30.6 Å². The van der Waals surface area contributed by atoms with Gasteiger partial charge in [0.2, 0.25) is 0 Å². The minimum absolute atomic E-state index is 0.137. The van der Waals surface area contributed by atoms with Gasteiger partial charge in [-0.05, 0) is 42.2 Å². The van der Waals surface area contributed by atoms with Crippen molar-refractivity contribution in [3.05, 3.63) is 90.0 Å². The summed E-state index contributed by atoms with van der Waals surface area (Å²) in [5.74, 6) is -0.137.